The standard InChI is InChI=1S/C28H26N2O3S/c1-3-31-22-15-13-20(14-16-22)26-29-27-23(28(30-26)34-18-19-9-6-5-7-10-19)17-21-11-8-12-24(32-4-2)25(21)33-27/h5-16H,3-4,17-18H2,1-2H3. The molecule has 3 aromatic carbocycles. The van der Waals surface area contributed by atoms with Crippen LogP contribution in [-0.2, 0) is 12.2 Å². The van der Waals surface area contributed by atoms with E-state index in [2.05, 4.69) is 30.3 Å². The molecule has 0 bridgehead atoms. The topological polar surface area (TPSA) is 53.5 Å². The Bertz CT molecular complexity index is 1280. The van der Waals surface area contributed by atoms with E-state index in [0.717, 1.165) is 44.7 Å². The third kappa shape index (κ3) is 4.73. The second-order valence-corrected chi connectivity index (χ2v) is 8.79. The molecule has 1 aliphatic rings. The smallest absolute Gasteiger partial charge is 0.227 e. The van der Waals surface area contributed by atoms with Crippen LogP contribution >= 0.6 is 11.8 Å². The van der Waals surface area contributed by atoms with Crippen molar-refractivity contribution in [1.29, 1.82) is 0 Å². The third-order valence-corrected chi connectivity index (χ3v) is 6.59. The van der Waals surface area contributed by atoms with Crippen molar-refractivity contribution < 1.29 is 14.2 Å². The van der Waals surface area contributed by atoms with Gasteiger partial charge < -0.3 is 14.2 Å². The Labute approximate surface area is 204 Å². The molecule has 0 aliphatic carbocycles. The summed E-state index contributed by atoms with van der Waals surface area (Å²) in [6.07, 6.45) is 0.701. The van der Waals surface area contributed by atoms with Gasteiger partial charge in [0.25, 0.3) is 0 Å². The lowest BCUT2D eigenvalue weighted by molar-refractivity contribution is 0.315. The van der Waals surface area contributed by atoms with E-state index in [-0.39, 0.29) is 0 Å². The number of para-hydroxylation sites is 1. The van der Waals surface area contributed by atoms with Gasteiger partial charge in [0.1, 0.15) is 10.8 Å². The fourth-order valence-electron chi connectivity index (χ4n) is 3.89. The van der Waals surface area contributed by atoms with E-state index < -0.39 is 0 Å². The molecule has 0 atom stereocenters. The quantitative estimate of drug-likeness (QED) is 0.181. The largest absolute Gasteiger partial charge is 0.494 e. The molecule has 4 aromatic rings. The molecule has 2 heterocycles. The van der Waals surface area contributed by atoms with E-state index in [1.54, 1.807) is 11.8 Å². The Balaban J connectivity index is 1.54. The lowest BCUT2D eigenvalue weighted by Gasteiger charge is -2.23. The molecule has 1 aliphatic heterocycles. The van der Waals surface area contributed by atoms with Crippen LogP contribution in [-0.4, -0.2) is 23.2 Å². The van der Waals surface area contributed by atoms with E-state index in [0.29, 0.717) is 31.3 Å². The molecular weight excluding hydrogens is 444 g/mol. The fourth-order valence-corrected chi connectivity index (χ4v) is 4.87. The second kappa shape index (κ2) is 10.2. The number of aromatic nitrogens is 2. The molecule has 1 aromatic heterocycles. The van der Waals surface area contributed by atoms with Crippen LogP contribution in [0.25, 0.3) is 11.4 Å². The summed E-state index contributed by atoms with van der Waals surface area (Å²) in [5.41, 5.74) is 4.26. The van der Waals surface area contributed by atoms with Gasteiger partial charge in [-0.05, 0) is 49.7 Å². The van der Waals surface area contributed by atoms with Gasteiger partial charge in [0.05, 0.1) is 18.8 Å². The molecule has 0 saturated heterocycles. The molecule has 0 spiro atoms. The van der Waals surface area contributed by atoms with Crippen LogP contribution in [0.4, 0.5) is 0 Å². The van der Waals surface area contributed by atoms with Gasteiger partial charge in [-0.3, -0.25) is 0 Å². The summed E-state index contributed by atoms with van der Waals surface area (Å²) < 4.78 is 17.8. The maximum atomic E-state index is 6.36. The first-order chi connectivity index (χ1) is 16.7. The van der Waals surface area contributed by atoms with Crippen LogP contribution in [0, 0.1) is 0 Å². The van der Waals surface area contributed by atoms with Gasteiger partial charge in [-0.1, -0.05) is 42.5 Å². The Morgan fingerprint density at radius 1 is 0.853 bits per heavy atom. The van der Waals surface area contributed by atoms with Gasteiger partial charge in [-0.15, -0.1) is 11.8 Å². The maximum Gasteiger partial charge on any atom is 0.227 e. The molecule has 34 heavy (non-hydrogen) atoms. The number of ether oxygens (including phenoxy) is 3. The van der Waals surface area contributed by atoms with Crippen molar-refractivity contribution in [3.05, 3.63) is 89.5 Å². The van der Waals surface area contributed by atoms with Crippen molar-refractivity contribution in [1.82, 2.24) is 9.97 Å². The van der Waals surface area contributed by atoms with E-state index in [4.69, 9.17) is 24.2 Å². The number of fused-ring (bicyclic) bond motifs is 2. The summed E-state index contributed by atoms with van der Waals surface area (Å²) in [5.74, 6) is 4.36. The summed E-state index contributed by atoms with van der Waals surface area (Å²) in [6.45, 7) is 5.15. The zero-order valence-electron chi connectivity index (χ0n) is 19.3. The van der Waals surface area contributed by atoms with Crippen LogP contribution in [0.15, 0.2) is 77.8 Å². The van der Waals surface area contributed by atoms with Crippen LogP contribution in [0.5, 0.6) is 23.1 Å². The number of hydrogen-bond donors (Lipinski definition) is 0. The highest BCUT2D eigenvalue weighted by molar-refractivity contribution is 7.98. The van der Waals surface area contributed by atoms with Gasteiger partial charge in [-0.25, -0.2) is 4.98 Å². The van der Waals surface area contributed by atoms with Crippen molar-refractivity contribution in [3.63, 3.8) is 0 Å². The Kier molecular flexibility index (Phi) is 6.67. The Morgan fingerprint density at radius 2 is 1.65 bits per heavy atom. The average Bonchev–Trinajstić information content (AvgIpc) is 2.88. The van der Waals surface area contributed by atoms with Crippen LogP contribution in [0.3, 0.4) is 0 Å². The zero-order chi connectivity index (χ0) is 23.3. The van der Waals surface area contributed by atoms with E-state index >= 15 is 0 Å². The minimum atomic E-state index is 0.575. The summed E-state index contributed by atoms with van der Waals surface area (Å²) in [6, 6.07) is 24.3. The minimum Gasteiger partial charge on any atom is -0.494 e. The molecule has 6 heteroatoms. The van der Waals surface area contributed by atoms with E-state index in [1.165, 1.54) is 5.56 Å². The number of rotatable bonds is 8. The first kappa shape index (κ1) is 22.3. The number of benzene rings is 3. The first-order valence-corrected chi connectivity index (χ1v) is 12.5. The molecule has 0 radical (unpaired) electrons. The molecule has 172 valence electrons. The van der Waals surface area contributed by atoms with Crippen LogP contribution in [0.1, 0.15) is 30.5 Å². The van der Waals surface area contributed by atoms with Crippen LogP contribution in [0.2, 0.25) is 0 Å². The van der Waals surface area contributed by atoms with Gasteiger partial charge in [-0.2, -0.15) is 4.98 Å². The van der Waals surface area contributed by atoms with Gasteiger partial charge in [0.15, 0.2) is 17.3 Å². The second-order valence-electron chi connectivity index (χ2n) is 7.82. The minimum absolute atomic E-state index is 0.575. The molecule has 0 unspecified atom stereocenters. The Hall–Kier alpha value is -3.51. The number of thioether (sulfide) groups is 1. The third-order valence-electron chi connectivity index (χ3n) is 5.50. The fraction of sp³-hybridized carbons (Fsp3) is 0.214. The number of hydrogen-bond acceptors (Lipinski definition) is 6. The summed E-state index contributed by atoms with van der Waals surface area (Å²) >= 11 is 1.71. The molecule has 5 nitrogen and oxygen atoms in total. The monoisotopic (exact) mass is 470 g/mol. The zero-order valence-corrected chi connectivity index (χ0v) is 20.1. The molecule has 0 saturated carbocycles. The predicted molar refractivity (Wildman–Crippen MR) is 135 cm³/mol. The summed E-state index contributed by atoms with van der Waals surface area (Å²) in [5, 5.41) is 0.935. The highest BCUT2D eigenvalue weighted by Crippen LogP contribution is 2.45. The summed E-state index contributed by atoms with van der Waals surface area (Å²) in [7, 11) is 0. The van der Waals surface area contributed by atoms with E-state index in [1.807, 2.05) is 56.3 Å². The number of nitrogens with zero attached hydrogens (tertiary/aromatic N) is 2. The van der Waals surface area contributed by atoms with Crippen molar-refractivity contribution in [2.24, 2.45) is 0 Å². The van der Waals surface area contributed by atoms with Crippen molar-refractivity contribution in [2.45, 2.75) is 31.0 Å². The molecular formula is C28H26N2O3S. The van der Waals surface area contributed by atoms with Gasteiger partial charge >= 0.3 is 0 Å². The lowest BCUT2D eigenvalue weighted by atomic mass is 10.0. The SMILES string of the molecule is CCOc1ccc(-c2nc3c(c(SCc4ccccc4)n2)Cc2cccc(OCC)c2O3)cc1. The van der Waals surface area contributed by atoms with Gasteiger partial charge in [0, 0.05) is 23.3 Å². The normalized spacial score (nSPS) is 11.8. The first-order valence-electron chi connectivity index (χ1n) is 11.5. The summed E-state index contributed by atoms with van der Waals surface area (Å²) in [4.78, 5) is 9.81. The van der Waals surface area contributed by atoms with Crippen molar-refractivity contribution >= 4 is 11.8 Å². The lowest BCUT2D eigenvalue weighted by Crippen LogP contribution is -2.10. The highest BCUT2D eigenvalue weighted by atomic mass is 32.2. The van der Waals surface area contributed by atoms with Gasteiger partial charge in [0.2, 0.25) is 5.88 Å². The molecule has 0 N–H and O–H groups in total. The van der Waals surface area contributed by atoms with E-state index in [9.17, 15) is 0 Å². The molecule has 0 fully saturated rings. The molecule has 5 rings (SSSR count). The predicted octanol–water partition coefficient (Wildman–Crippen LogP) is 6.93. The van der Waals surface area contributed by atoms with Crippen molar-refractivity contribution in [2.75, 3.05) is 13.2 Å². The highest BCUT2D eigenvalue weighted by Gasteiger charge is 2.26. The maximum absolute atomic E-state index is 6.36. The van der Waals surface area contributed by atoms with Crippen molar-refractivity contribution in [3.8, 4) is 34.5 Å². The Morgan fingerprint density at radius 3 is 2.41 bits per heavy atom. The average molecular weight is 471 g/mol. The molecule has 0 amide bonds. The van der Waals surface area contributed by atoms with Crippen LogP contribution < -0.4 is 14.2 Å².